The highest BCUT2D eigenvalue weighted by molar-refractivity contribution is 7.88. The molecule has 0 bridgehead atoms. The third kappa shape index (κ3) is 6.56. The standard InChI is InChI=1S/C31H36N6O6S/c1-31(2)15-4-5-17-36(31)44(42,43)20-22-8-6-10-23(18-22)33-29(40)32-16-7-9-21-11-12-24-26(19-21)35(3)30(41)37(24)25-13-14-27(38)34-28(25)39/h6,8,10-12,18-19,25H,4-5,13-17,20H2,1-3H3,(H2,32,33,40)(H,34,38,39). The smallest absolute Gasteiger partial charge is 0.327 e. The molecule has 12 nitrogen and oxygen atoms in total. The number of carbonyl (C=O) groups excluding carboxylic acids is 3. The second-order valence-corrected chi connectivity index (χ2v) is 13.7. The first kappa shape index (κ1) is 31.0. The molecule has 3 heterocycles. The van der Waals surface area contributed by atoms with Crippen LogP contribution in [0, 0.1) is 11.8 Å². The molecule has 3 N–H and O–H groups in total. The third-order valence-corrected chi connectivity index (χ3v) is 10.2. The number of imide groups is 1. The van der Waals surface area contributed by atoms with Gasteiger partial charge in [0.25, 0.3) is 0 Å². The van der Waals surface area contributed by atoms with E-state index < -0.39 is 33.5 Å². The lowest BCUT2D eigenvalue weighted by Crippen LogP contribution is -2.50. The van der Waals surface area contributed by atoms with Crippen LogP contribution in [0.25, 0.3) is 11.0 Å². The number of benzene rings is 2. The molecule has 0 saturated carbocycles. The van der Waals surface area contributed by atoms with E-state index in [9.17, 15) is 27.6 Å². The maximum absolute atomic E-state index is 13.2. The molecule has 0 radical (unpaired) electrons. The van der Waals surface area contributed by atoms with E-state index in [1.807, 2.05) is 13.8 Å². The van der Waals surface area contributed by atoms with Gasteiger partial charge in [-0.1, -0.05) is 30.4 Å². The quantitative estimate of drug-likeness (QED) is 0.285. The van der Waals surface area contributed by atoms with Gasteiger partial charge in [-0.25, -0.2) is 18.0 Å². The number of hydrogen-bond acceptors (Lipinski definition) is 6. The van der Waals surface area contributed by atoms with E-state index in [1.165, 1.54) is 9.13 Å². The van der Waals surface area contributed by atoms with Crippen LogP contribution in [0.1, 0.15) is 63.1 Å². The van der Waals surface area contributed by atoms with E-state index >= 15 is 0 Å². The summed E-state index contributed by atoms with van der Waals surface area (Å²) in [5.41, 5.74) is 2.02. The fourth-order valence-electron chi connectivity index (χ4n) is 5.90. The highest BCUT2D eigenvalue weighted by atomic mass is 32.2. The van der Waals surface area contributed by atoms with Gasteiger partial charge < -0.3 is 10.6 Å². The Morgan fingerprint density at radius 1 is 1.09 bits per heavy atom. The number of aryl methyl sites for hydroxylation is 1. The van der Waals surface area contributed by atoms with Gasteiger partial charge in [0.2, 0.25) is 21.8 Å². The summed E-state index contributed by atoms with van der Waals surface area (Å²) < 4.78 is 30.8. The molecule has 4 amide bonds. The molecule has 1 atom stereocenters. The zero-order valence-corrected chi connectivity index (χ0v) is 25.8. The largest absolute Gasteiger partial charge is 0.329 e. The van der Waals surface area contributed by atoms with Crippen LogP contribution in [0.2, 0.25) is 0 Å². The Kier molecular flexibility index (Phi) is 8.67. The Balaban J connectivity index is 1.20. The van der Waals surface area contributed by atoms with E-state index in [2.05, 4.69) is 27.8 Å². The van der Waals surface area contributed by atoms with Crippen LogP contribution in [-0.2, 0) is 32.4 Å². The molecule has 44 heavy (non-hydrogen) atoms. The molecule has 2 aliphatic rings. The molecule has 5 rings (SSSR count). The number of nitrogens with one attached hydrogen (secondary N) is 3. The first-order chi connectivity index (χ1) is 20.9. The van der Waals surface area contributed by atoms with Crippen molar-refractivity contribution in [1.29, 1.82) is 0 Å². The summed E-state index contributed by atoms with van der Waals surface area (Å²) in [7, 11) is -1.92. The minimum atomic E-state index is -3.52. The zero-order valence-electron chi connectivity index (χ0n) is 25.0. The van der Waals surface area contributed by atoms with E-state index in [-0.39, 0.29) is 36.7 Å². The predicted octanol–water partition coefficient (Wildman–Crippen LogP) is 2.59. The number of anilines is 1. The van der Waals surface area contributed by atoms with Crippen molar-refractivity contribution in [3.8, 4) is 11.8 Å². The topological polar surface area (TPSA) is 152 Å². The van der Waals surface area contributed by atoms with E-state index in [1.54, 1.807) is 53.8 Å². The summed E-state index contributed by atoms with van der Waals surface area (Å²) >= 11 is 0. The highest BCUT2D eigenvalue weighted by Crippen LogP contribution is 2.31. The lowest BCUT2D eigenvalue weighted by atomic mass is 9.93. The van der Waals surface area contributed by atoms with Gasteiger partial charge in [-0.15, -0.1) is 0 Å². The van der Waals surface area contributed by atoms with Crippen LogP contribution in [0.3, 0.4) is 0 Å². The average Bonchev–Trinajstić information content (AvgIpc) is 3.19. The summed E-state index contributed by atoms with van der Waals surface area (Å²) in [6, 6.07) is 10.7. The average molecular weight is 621 g/mol. The van der Waals surface area contributed by atoms with Gasteiger partial charge in [0, 0.05) is 36.8 Å². The van der Waals surface area contributed by atoms with Crippen LogP contribution in [-0.4, -0.2) is 58.3 Å². The van der Waals surface area contributed by atoms with E-state index in [4.69, 9.17) is 0 Å². The van der Waals surface area contributed by atoms with Gasteiger partial charge in [0.15, 0.2) is 0 Å². The number of fused-ring (bicyclic) bond motifs is 1. The SMILES string of the molecule is Cn1c(=O)n(C2CCC(=O)NC2=O)c2ccc(C#CCNC(=O)Nc3cccc(CS(=O)(=O)N4CCCCC4(C)C)c3)cc21. The number of nitrogens with zero attached hydrogens (tertiary/aromatic N) is 3. The molecule has 2 aromatic carbocycles. The Bertz CT molecular complexity index is 1860. The van der Waals surface area contributed by atoms with Crippen LogP contribution in [0.4, 0.5) is 10.5 Å². The third-order valence-electron chi connectivity index (χ3n) is 8.13. The van der Waals surface area contributed by atoms with Crippen molar-refractivity contribution >= 4 is 44.6 Å². The van der Waals surface area contributed by atoms with Crippen LogP contribution in [0.5, 0.6) is 0 Å². The Hall–Kier alpha value is -4.41. The van der Waals surface area contributed by atoms with Crippen molar-refractivity contribution in [3.63, 3.8) is 0 Å². The summed E-state index contributed by atoms with van der Waals surface area (Å²) in [4.78, 5) is 49.4. The highest BCUT2D eigenvalue weighted by Gasteiger charge is 2.38. The van der Waals surface area contributed by atoms with Crippen molar-refractivity contribution in [2.45, 2.75) is 63.3 Å². The second kappa shape index (κ2) is 12.3. The zero-order chi connectivity index (χ0) is 31.6. The fourth-order valence-corrected chi connectivity index (χ4v) is 7.91. The van der Waals surface area contributed by atoms with Gasteiger partial charge in [-0.05, 0) is 69.0 Å². The van der Waals surface area contributed by atoms with E-state index in [0.717, 1.165) is 19.3 Å². The van der Waals surface area contributed by atoms with Gasteiger partial charge in [-0.3, -0.25) is 24.0 Å². The molecule has 1 aromatic heterocycles. The molecule has 2 fully saturated rings. The van der Waals surface area contributed by atoms with Crippen LogP contribution >= 0.6 is 0 Å². The number of sulfonamides is 1. The summed E-state index contributed by atoms with van der Waals surface area (Å²) in [6.45, 7) is 4.46. The Morgan fingerprint density at radius 3 is 2.64 bits per heavy atom. The number of urea groups is 1. The monoisotopic (exact) mass is 620 g/mol. The molecule has 2 saturated heterocycles. The first-order valence-electron chi connectivity index (χ1n) is 14.5. The van der Waals surface area contributed by atoms with Gasteiger partial charge >= 0.3 is 11.7 Å². The minimum Gasteiger partial charge on any atom is -0.327 e. The van der Waals surface area contributed by atoms with Crippen LogP contribution < -0.4 is 21.6 Å². The molecule has 3 aromatic rings. The van der Waals surface area contributed by atoms with Crippen molar-refractivity contribution in [2.75, 3.05) is 18.4 Å². The lowest BCUT2D eigenvalue weighted by Gasteiger charge is -2.41. The van der Waals surface area contributed by atoms with Crippen molar-refractivity contribution in [2.24, 2.45) is 7.05 Å². The number of piperidine rings is 2. The van der Waals surface area contributed by atoms with Gasteiger partial charge in [-0.2, -0.15) is 4.31 Å². The molecule has 0 aliphatic carbocycles. The normalized spacial score (nSPS) is 18.8. The fraction of sp³-hybridized carbons (Fsp3) is 0.419. The number of aromatic nitrogens is 2. The maximum Gasteiger partial charge on any atom is 0.329 e. The molecular weight excluding hydrogens is 584 g/mol. The van der Waals surface area contributed by atoms with Crippen molar-refractivity contribution in [3.05, 3.63) is 64.1 Å². The summed E-state index contributed by atoms with van der Waals surface area (Å²) in [6.07, 6.45) is 3.09. The maximum atomic E-state index is 13.2. The molecule has 232 valence electrons. The second-order valence-electron chi connectivity index (χ2n) is 11.8. The van der Waals surface area contributed by atoms with Gasteiger partial charge in [0.05, 0.1) is 23.3 Å². The lowest BCUT2D eigenvalue weighted by molar-refractivity contribution is -0.135. The number of rotatable bonds is 6. The summed E-state index contributed by atoms with van der Waals surface area (Å²) in [5.74, 6) is 4.85. The molecule has 13 heteroatoms. The van der Waals surface area contributed by atoms with Crippen molar-refractivity contribution in [1.82, 2.24) is 24.1 Å². The first-order valence-corrected chi connectivity index (χ1v) is 16.1. The molecule has 2 aliphatic heterocycles. The minimum absolute atomic E-state index is 0.0399. The number of amides is 4. The molecule has 0 spiro atoms. The number of carbonyl (C=O) groups is 3. The molecular formula is C31H36N6O6S. The van der Waals surface area contributed by atoms with Crippen LogP contribution in [0.15, 0.2) is 47.3 Å². The summed E-state index contributed by atoms with van der Waals surface area (Å²) in [5, 5.41) is 7.67. The Labute approximate surface area is 255 Å². The Morgan fingerprint density at radius 2 is 1.89 bits per heavy atom. The molecule has 1 unspecified atom stereocenters. The van der Waals surface area contributed by atoms with E-state index in [0.29, 0.717) is 34.4 Å². The van der Waals surface area contributed by atoms with Gasteiger partial charge in [0.1, 0.15) is 6.04 Å². The number of imidazole rings is 1. The predicted molar refractivity (Wildman–Crippen MR) is 166 cm³/mol. The number of hydrogen-bond donors (Lipinski definition) is 3. The van der Waals surface area contributed by atoms with Crippen molar-refractivity contribution < 1.29 is 22.8 Å².